The zero-order valence-electron chi connectivity index (χ0n) is 16.8. The summed E-state index contributed by atoms with van der Waals surface area (Å²) in [5.41, 5.74) is 2.80. The summed E-state index contributed by atoms with van der Waals surface area (Å²) in [6.45, 7) is 0. The number of nitrogens with zero attached hydrogens (tertiary/aromatic N) is 4. The molecule has 1 amide bonds. The van der Waals surface area contributed by atoms with Crippen molar-refractivity contribution in [1.29, 1.82) is 0 Å². The van der Waals surface area contributed by atoms with Crippen LogP contribution in [0.2, 0.25) is 0 Å². The molecule has 0 saturated heterocycles. The molecule has 1 fully saturated rings. The fraction of sp³-hybridized carbons (Fsp3) is 0.174. The number of anilines is 1. The van der Waals surface area contributed by atoms with Gasteiger partial charge >= 0.3 is 0 Å². The molecule has 1 saturated carbocycles. The van der Waals surface area contributed by atoms with Crippen LogP contribution in [0.15, 0.2) is 47.8 Å². The van der Waals surface area contributed by atoms with Crippen LogP contribution in [0, 0.1) is 17.7 Å². The zero-order valence-corrected chi connectivity index (χ0v) is 17.6. The van der Waals surface area contributed by atoms with Crippen LogP contribution >= 0.6 is 11.3 Å². The van der Waals surface area contributed by atoms with Gasteiger partial charge < -0.3 is 5.32 Å². The van der Waals surface area contributed by atoms with Crippen LogP contribution in [0.5, 0.6) is 0 Å². The molecule has 0 radical (unpaired) electrons. The fourth-order valence-corrected chi connectivity index (χ4v) is 4.10. The number of benzene rings is 2. The van der Waals surface area contributed by atoms with E-state index in [0.717, 1.165) is 22.3 Å². The molecule has 5 rings (SSSR count). The molecule has 32 heavy (non-hydrogen) atoms. The van der Waals surface area contributed by atoms with Crippen LogP contribution in [-0.4, -0.2) is 31.5 Å². The molecule has 2 heterocycles. The SMILES string of the molecule is O=C(Nc1cccc(C#Cc2nc(C3CCC3)cs2)c1)c1ccc(-c2nn[nH]n2)c(F)c1. The number of aromatic nitrogens is 5. The van der Waals surface area contributed by atoms with E-state index in [9.17, 15) is 9.18 Å². The van der Waals surface area contributed by atoms with E-state index in [1.54, 1.807) is 29.5 Å². The van der Waals surface area contributed by atoms with E-state index >= 15 is 0 Å². The first-order valence-electron chi connectivity index (χ1n) is 10.1. The second-order valence-corrected chi connectivity index (χ2v) is 8.28. The van der Waals surface area contributed by atoms with Gasteiger partial charge in [0.15, 0.2) is 5.01 Å². The summed E-state index contributed by atoms with van der Waals surface area (Å²) in [5, 5.41) is 18.8. The summed E-state index contributed by atoms with van der Waals surface area (Å²) in [5.74, 6) is 5.87. The van der Waals surface area contributed by atoms with E-state index in [0.29, 0.717) is 11.6 Å². The van der Waals surface area contributed by atoms with Gasteiger partial charge in [0.1, 0.15) is 5.82 Å². The van der Waals surface area contributed by atoms with Gasteiger partial charge in [0.2, 0.25) is 5.82 Å². The number of thiazole rings is 1. The number of nitrogens with one attached hydrogen (secondary N) is 2. The monoisotopic (exact) mass is 444 g/mol. The van der Waals surface area contributed by atoms with E-state index in [1.807, 2.05) is 6.07 Å². The van der Waals surface area contributed by atoms with Crippen LogP contribution in [0.25, 0.3) is 11.4 Å². The molecule has 158 valence electrons. The Morgan fingerprint density at radius 1 is 1.19 bits per heavy atom. The molecule has 0 atom stereocenters. The Kier molecular flexibility index (Phi) is 5.44. The predicted octanol–water partition coefficient (Wildman–Crippen LogP) is 4.38. The van der Waals surface area contributed by atoms with Crippen molar-refractivity contribution in [2.75, 3.05) is 5.32 Å². The molecular weight excluding hydrogens is 427 g/mol. The van der Waals surface area contributed by atoms with E-state index in [2.05, 4.69) is 48.1 Å². The number of carbonyl (C=O) groups excluding carboxylic acids is 1. The molecule has 0 spiro atoms. The Balaban J connectivity index is 1.28. The maximum Gasteiger partial charge on any atom is 0.255 e. The number of hydrogen-bond acceptors (Lipinski definition) is 6. The summed E-state index contributed by atoms with van der Waals surface area (Å²) in [6.07, 6.45) is 3.70. The minimum Gasteiger partial charge on any atom is -0.322 e. The normalized spacial score (nSPS) is 13.2. The van der Waals surface area contributed by atoms with Gasteiger partial charge in [-0.15, -0.1) is 21.5 Å². The molecule has 7 nitrogen and oxygen atoms in total. The van der Waals surface area contributed by atoms with Crippen LogP contribution in [0.1, 0.15) is 51.8 Å². The van der Waals surface area contributed by atoms with Gasteiger partial charge in [-0.25, -0.2) is 9.37 Å². The van der Waals surface area contributed by atoms with E-state index in [1.165, 1.54) is 31.4 Å². The topological polar surface area (TPSA) is 96.5 Å². The lowest BCUT2D eigenvalue weighted by molar-refractivity contribution is 0.102. The minimum absolute atomic E-state index is 0.126. The number of amides is 1. The fourth-order valence-electron chi connectivity index (χ4n) is 3.35. The van der Waals surface area contributed by atoms with Crippen molar-refractivity contribution in [3.05, 3.63) is 75.5 Å². The van der Waals surface area contributed by atoms with E-state index < -0.39 is 11.7 Å². The lowest BCUT2D eigenvalue weighted by atomic mass is 9.83. The smallest absolute Gasteiger partial charge is 0.255 e. The highest BCUT2D eigenvalue weighted by Gasteiger charge is 2.21. The molecule has 4 aromatic rings. The Bertz CT molecular complexity index is 1330. The molecule has 0 unspecified atom stereocenters. The lowest BCUT2D eigenvalue weighted by Crippen LogP contribution is -2.12. The molecule has 2 aromatic heterocycles. The number of rotatable bonds is 4. The van der Waals surface area contributed by atoms with Crippen LogP contribution in [0.4, 0.5) is 10.1 Å². The largest absolute Gasteiger partial charge is 0.322 e. The number of tetrazole rings is 1. The van der Waals surface area contributed by atoms with Crippen LogP contribution < -0.4 is 5.32 Å². The first-order chi connectivity index (χ1) is 15.7. The quantitative estimate of drug-likeness (QED) is 0.455. The van der Waals surface area contributed by atoms with Crippen LogP contribution in [0.3, 0.4) is 0 Å². The number of H-pyrrole nitrogens is 1. The maximum atomic E-state index is 14.4. The van der Waals surface area contributed by atoms with Crippen molar-refractivity contribution in [1.82, 2.24) is 25.6 Å². The average molecular weight is 444 g/mol. The third-order valence-electron chi connectivity index (χ3n) is 5.30. The van der Waals surface area contributed by atoms with Gasteiger partial charge in [0, 0.05) is 28.1 Å². The highest BCUT2D eigenvalue weighted by Crippen LogP contribution is 2.36. The van der Waals surface area contributed by atoms with Crippen molar-refractivity contribution >= 4 is 22.9 Å². The average Bonchev–Trinajstić information content (AvgIpc) is 3.44. The van der Waals surface area contributed by atoms with Gasteiger partial charge in [-0.05, 0) is 60.4 Å². The predicted molar refractivity (Wildman–Crippen MR) is 119 cm³/mol. The van der Waals surface area contributed by atoms with Crippen molar-refractivity contribution < 1.29 is 9.18 Å². The summed E-state index contributed by atoms with van der Waals surface area (Å²) in [7, 11) is 0. The summed E-state index contributed by atoms with van der Waals surface area (Å²) < 4.78 is 14.4. The molecule has 1 aliphatic rings. The standard InChI is InChI=1S/C23H17FN6OS/c24-19-12-16(8-9-18(19)22-27-29-30-28-22)23(31)25-17-6-1-3-14(11-17)7-10-21-26-20(13-32-21)15-4-2-5-15/h1,3,6,8-9,11-13,15H,2,4-5H2,(H,25,31)(H,27,28,29,30). The molecule has 0 bridgehead atoms. The zero-order chi connectivity index (χ0) is 21.9. The maximum absolute atomic E-state index is 14.4. The first-order valence-corrected chi connectivity index (χ1v) is 11.0. The summed E-state index contributed by atoms with van der Waals surface area (Å²) >= 11 is 1.56. The molecular formula is C23H17FN6OS. The lowest BCUT2D eigenvalue weighted by Gasteiger charge is -2.22. The third-order valence-corrected chi connectivity index (χ3v) is 6.07. The van der Waals surface area contributed by atoms with Gasteiger partial charge in [-0.2, -0.15) is 5.21 Å². The number of hydrogen-bond donors (Lipinski definition) is 2. The van der Waals surface area contributed by atoms with E-state index in [4.69, 9.17) is 0 Å². The van der Waals surface area contributed by atoms with Crippen molar-refractivity contribution in [3.8, 4) is 23.2 Å². The van der Waals surface area contributed by atoms with Crippen molar-refractivity contribution in [2.24, 2.45) is 0 Å². The van der Waals surface area contributed by atoms with Crippen molar-refractivity contribution in [3.63, 3.8) is 0 Å². The molecule has 1 aliphatic carbocycles. The summed E-state index contributed by atoms with van der Waals surface area (Å²) in [4.78, 5) is 17.2. The van der Waals surface area contributed by atoms with E-state index in [-0.39, 0.29) is 17.0 Å². The Hall–Kier alpha value is -3.90. The Labute approximate surface area is 187 Å². The van der Waals surface area contributed by atoms with Gasteiger partial charge in [-0.1, -0.05) is 18.4 Å². The molecule has 0 aliphatic heterocycles. The summed E-state index contributed by atoms with van der Waals surface area (Å²) in [6, 6.07) is 11.3. The molecule has 9 heteroatoms. The second-order valence-electron chi connectivity index (χ2n) is 7.42. The van der Waals surface area contributed by atoms with Gasteiger partial charge in [0.05, 0.1) is 11.3 Å². The highest BCUT2D eigenvalue weighted by molar-refractivity contribution is 7.10. The van der Waals surface area contributed by atoms with Crippen LogP contribution in [-0.2, 0) is 0 Å². The minimum atomic E-state index is -0.608. The number of carbonyl (C=O) groups is 1. The van der Waals surface area contributed by atoms with Gasteiger partial charge in [-0.3, -0.25) is 4.79 Å². The second kappa shape index (κ2) is 8.69. The molecule has 2 aromatic carbocycles. The molecule has 2 N–H and O–H groups in total. The van der Waals surface area contributed by atoms with Crippen molar-refractivity contribution in [2.45, 2.75) is 25.2 Å². The Morgan fingerprint density at radius 3 is 2.84 bits per heavy atom. The Morgan fingerprint density at radius 2 is 2.09 bits per heavy atom. The third kappa shape index (κ3) is 4.26. The number of aromatic amines is 1. The first kappa shape index (κ1) is 20.0. The number of halogens is 1. The van der Waals surface area contributed by atoms with Gasteiger partial charge in [0.25, 0.3) is 5.91 Å². The highest BCUT2D eigenvalue weighted by atomic mass is 32.1.